The average molecular weight is 811 g/mol. The molecule has 2 aliphatic heterocycles. The summed E-state index contributed by atoms with van der Waals surface area (Å²) >= 11 is 0. The molecule has 60 heavy (non-hydrogen) atoms. The number of hydrogen-bond donors (Lipinski definition) is 0. The van der Waals surface area contributed by atoms with Crippen molar-refractivity contribution in [3.63, 3.8) is 0 Å². The summed E-state index contributed by atoms with van der Waals surface area (Å²) in [6, 6.07) is 27.7. The van der Waals surface area contributed by atoms with Crippen LogP contribution in [0, 0.1) is 0 Å². The van der Waals surface area contributed by atoms with Crippen molar-refractivity contribution in [2.45, 2.75) is 78.1 Å². The van der Waals surface area contributed by atoms with Crippen LogP contribution in [0.1, 0.15) is 101 Å². The Balaban J connectivity index is 1.16. The predicted molar refractivity (Wildman–Crippen MR) is 240 cm³/mol. The molecule has 4 aromatic rings. The Kier molecular flexibility index (Phi) is 13.3. The summed E-state index contributed by atoms with van der Waals surface area (Å²) in [6.45, 7) is 14.1. The van der Waals surface area contributed by atoms with E-state index in [9.17, 15) is 9.59 Å². The highest BCUT2D eigenvalue weighted by atomic mass is 16.5. The number of amidine groups is 2. The Morgan fingerprint density at radius 3 is 1.15 bits per heavy atom. The molecular weight excluding hydrogens is 753 g/mol. The van der Waals surface area contributed by atoms with Crippen LogP contribution < -0.4 is 18.9 Å². The summed E-state index contributed by atoms with van der Waals surface area (Å²) in [5, 5.41) is 0. The third kappa shape index (κ3) is 9.82. The fraction of sp³-hybridized carbons (Fsp3) is 0.360. The average Bonchev–Trinajstić information content (AvgIpc) is 3.71. The van der Waals surface area contributed by atoms with Gasteiger partial charge < -0.3 is 18.9 Å². The number of hydrogen-bond acceptors (Lipinski definition) is 8. The number of methoxy groups -OCH3 is 4. The van der Waals surface area contributed by atoms with Gasteiger partial charge in [-0.3, -0.25) is 19.4 Å². The molecule has 0 N–H and O–H groups in total. The number of carbonyl (C=O) groups excluding carboxylic acids is 2. The molecule has 0 fully saturated rings. The van der Waals surface area contributed by atoms with Crippen molar-refractivity contribution in [3.8, 4) is 23.0 Å². The fourth-order valence-corrected chi connectivity index (χ4v) is 7.29. The van der Waals surface area contributed by atoms with Crippen molar-refractivity contribution in [2.75, 3.05) is 41.5 Å². The molecule has 0 spiro atoms. The summed E-state index contributed by atoms with van der Waals surface area (Å²) in [6.07, 6.45) is 6.84. The van der Waals surface area contributed by atoms with Gasteiger partial charge in [0.15, 0.2) is 23.0 Å². The molecule has 0 radical (unpaired) electrons. The lowest BCUT2D eigenvalue weighted by molar-refractivity contribution is -0.123. The maximum absolute atomic E-state index is 14.0. The zero-order chi connectivity index (χ0) is 43.2. The molecule has 0 bridgehead atoms. The van der Waals surface area contributed by atoms with Crippen LogP contribution in [-0.4, -0.2) is 74.8 Å². The number of benzene rings is 4. The topological polar surface area (TPSA) is 102 Å². The first-order valence-electron chi connectivity index (χ1n) is 20.6. The first kappa shape index (κ1) is 43.4. The molecule has 314 valence electrons. The molecule has 0 aliphatic carbocycles. The number of ether oxygens (including phenoxy) is 4. The van der Waals surface area contributed by atoms with Crippen LogP contribution in [0.25, 0.3) is 12.2 Å². The summed E-state index contributed by atoms with van der Waals surface area (Å²) in [4.78, 5) is 41.4. The molecule has 4 aromatic carbocycles. The number of nitrogens with zero attached hydrogens (tertiary/aromatic N) is 4. The second-order valence-electron chi connectivity index (χ2n) is 17.1. The van der Waals surface area contributed by atoms with Crippen LogP contribution >= 0.6 is 0 Å². The highest BCUT2D eigenvalue weighted by molar-refractivity contribution is 6.20. The summed E-state index contributed by atoms with van der Waals surface area (Å²) < 4.78 is 21.8. The van der Waals surface area contributed by atoms with E-state index in [1.807, 2.05) is 36.4 Å². The SMILES string of the molecule is COc1ccc(C=C2N=C(c3ccc(C(C)(C)C)cc3)N(CCCCCCN3C(=O)C(=Cc4ccc(OC)c(OC)c4)N=C3c3ccc(C(C)(C)C)cc3)C2=O)cc1OC. The quantitative estimate of drug-likeness (QED) is 0.0876. The van der Waals surface area contributed by atoms with Crippen molar-refractivity contribution in [1.82, 2.24) is 9.80 Å². The Morgan fingerprint density at radius 2 is 0.833 bits per heavy atom. The van der Waals surface area contributed by atoms with Crippen LogP contribution in [0.2, 0.25) is 0 Å². The molecular formula is C50H58N4O6. The molecule has 10 nitrogen and oxygen atoms in total. The molecule has 0 atom stereocenters. The van der Waals surface area contributed by atoms with E-state index in [1.165, 1.54) is 11.1 Å². The van der Waals surface area contributed by atoms with E-state index in [2.05, 4.69) is 90.1 Å². The van der Waals surface area contributed by atoms with Crippen molar-refractivity contribution >= 4 is 35.6 Å². The number of carbonyl (C=O) groups is 2. The van der Waals surface area contributed by atoms with Gasteiger partial charge in [-0.2, -0.15) is 0 Å². The van der Waals surface area contributed by atoms with Crippen LogP contribution in [0.5, 0.6) is 23.0 Å². The van der Waals surface area contributed by atoms with E-state index < -0.39 is 0 Å². The second kappa shape index (κ2) is 18.4. The monoisotopic (exact) mass is 810 g/mol. The second-order valence-corrected chi connectivity index (χ2v) is 17.1. The van der Waals surface area contributed by atoms with Crippen molar-refractivity contribution in [1.29, 1.82) is 0 Å². The number of rotatable bonds is 15. The van der Waals surface area contributed by atoms with E-state index >= 15 is 0 Å². The summed E-state index contributed by atoms with van der Waals surface area (Å²) in [7, 11) is 6.37. The standard InChI is InChI=1S/C50H58N4O6/c1-49(2,3)37-21-17-35(18-22-37)45-51-39(29-33-15-25-41(57-7)43(31-33)59-9)47(55)53(45)27-13-11-12-14-28-54-46(36-19-23-38(24-20-36)50(4,5)6)52-40(48(54)56)30-34-16-26-42(58-8)44(32-34)60-10/h15-26,29-32H,11-14,27-28H2,1-10H3. The lowest BCUT2D eigenvalue weighted by Gasteiger charge is -2.22. The Morgan fingerprint density at radius 1 is 0.483 bits per heavy atom. The predicted octanol–water partition coefficient (Wildman–Crippen LogP) is 9.84. The Labute approximate surface area is 355 Å². The maximum Gasteiger partial charge on any atom is 0.278 e. The van der Waals surface area contributed by atoms with Gasteiger partial charge in [0.2, 0.25) is 0 Å². The highest BCUT2D eigenvalue weighted by Crippen LogP contribution is 2.33. The van der Waals surface area contributed by atoms with E-state index in [0.717, 1.165) is 47.9 Å². The Bertz CT molecular complexity index is 2160. The molecule has 0 saturated carbocycles. The van der Waals surface area contributed by atoms with Gasteiger partial charge in [0.05, 0.1) is 28.4 Å². The minimum atomic E-state index is -0.144. The minimum absolute atomic E-state index is 0.00424. The lowest BCUT2D eigenvalue weighted by atomic mass is 9.86. The van der Waals surface area contributed by atoms with Gasteiger partial charge in [0.25, 0.3) is 11.8 Å². The van der Waals surface area contributed by atoms with Crippen molar-refractivity contribution < 1.29 is 28.5 Å². The molecule has 0 saturated heterocycles. The van der Waals surface area contributed by atoms with Gasteiger partial charge in [0.1, 0.15) is 23.1 Å². The normalized spacial score (nSPS) is 15.8. The molecule has 2 heterocycles. The van der Waals surface area contributed by atoms with Gasteiger partial charge in [-0.25, -0.2) is 9.98 Å². The van der Waals surface area contributed by atoms with Gasteiger partial charge in [-0.05, 0) is 82.3 Å². The first-order chi connectivity index (χ1) is 28.6. The number of amides is 2. The van der Waals surface area contributed by atoms with Gasteiger partial charge in [0, 0.05) is 24.2 Å². The number of unbranched alkanes of at least 4 members (excludes halogenated alkanes) is 3. The van der Waals surface area contributed by atoms with Crippen molar-refractivity contribution in [2.24, 2.45) is 9.98 Å². The highest BCUT2D eigenvalue weighted by Gasteiger charge is 2.33. The largest absolute Gasteiger partial charge is 0.493 e. The summed E-state index contributed by atoms with van der Waals surface area (Å²) in [5.41, 5.74) is 6.49. The molecule has 0 unspecified atom stereocenters. The summed E-state index contributed by atoms with van der Waals surface area (Å²) in [5.74, 6) is 3.37. The molecule has 0 aromatic heterocycles. The van der Waals surface area contributed by atoms with Crippen LogP contribution in [0.3, 0.4) is 0 Å². The number of aliphatic imine (C=N–C) groups is 2. The zero-order valence-electron chi connectivity index (χ0n) is 36.7. The van der Waals surface area contributed by atoms with E-state index in [-0.39, 0.29) is 22.6 Å². The van der Waals surface area contributed by atoms with Crippen LogP contribution in [0.4, 0.5) is 0 Å². The molecule has 2 aliphatic rings. The Hall–Kier alpha value is -6.16. The van der Waals surface area contributed by atoms with Gasteiger partial charge >= 0.3 is 0 Å². The third-order valence-corrected chi connectivity index (χ3v) is 10.8. The van der Waals surface area contributed by atoms with E-state index in [0.29, 0.717) is 59.2 Å². The fourth-order valence-electron chi connectivity index (χ4n) is 7.29. The maximum atomic E-state index is 14.0. The molecule has 2 amide bonds. The molecule has 10 heteroatoms. The zero-order valence-corrected chi connectivity index (χ0v) is 36.7. The lowest BCUT2D eigenvalue weighted by Crippen LogP contribution is -2.34. The smallest absolute Gasteiger partial charge is 0.278 e. The molecule has 6 rings (SSSR count). The van der Waals surface area contributed by atoms with Crippen molar-refractivity contribution in [3.05, 3.63) is 130 Å². The van der Waals surface area contributed by atoms with E-state index in [1.54, 1.807) is 50.4 Å². The van der Waals surface area contributed by atoms with Crippen LogP contribution in [0.15, 0.2) is 106 Å². The van der Waals surface area contributed by atoms with Crippen LogP contribution in [-0.2, 0) is 20.4 Å². The van der Waals surface area contributed by atoms with Gasteiger partial charge in [-0.15, -0.1) is 0 Å². The minimum Gasteiger partial charge on any atom is -0.493 e. The van der Waals surface area contributed by atoms with E-state index in [4.69, 9.17) is 28.9 Å². The third-order valence-electron chi connectivity index (χ3n) is 10.8. The first-order valence-corrected chi connectivity index (χ1v) is 20.6. The van der Waals surface area contributed by atoms with Gasteiger partial charge in [-0.1, -0.05) is 115 Å².